The first kappa shape index (κ1) is 8.63. The molecule has 0 saturated heterocycles. The molecule has 1 aromatic rings. The maximum atomic E-state index is 13.1. The Morgan fingerprint density at radius 2 is 2.08 bits per heavy atom. The molecule has 0 bridgehead atoms. The fourth-order valence-electron chi connectivity index (χ4n) is 1.14. The van der Waals surface area contributed by atoms with Crippen molar-refractivity contribution in [1.82, 2.24) is 0 Å². The summed E-state index contributed by atoms with van der Waals surface area (Å²) in [6, 6.07) is 6.59. The first-order valence-corrected chi connectivity index (χ1v) is 4.73. The molecule has 1 nitrogen and oxygen atoms in total. The second-order valence-electron chi connectivity index (χ2n) is 3.24. The summed E-state index contributed by atoms with van der Waals surface area (Å²) in [6.45, 7) is 0. The van der Waals surface area contributed by atoms with E-state index in [4.69, 9.17) is 12.2 Å². The third kappa shape index (κ3) is 2.04. The van der Waals surface area contributed by atoms with E-state index in [0.29, 0.717) is 11.6 Å². The molecule has 0 aliphatic heterocycles. The molecule has 0 heterocycles. The molecule has 0 unspecified atom stereocenters. The van der Waals surface area contributed by atoms with Gasteiger partial charge >= 0.3 is 0 Å². The van der Waals surface area contributed by atoms with E-state index in [2.05, 4.69) is 5.32 Å². The Morgan fingerprint density at radius 1 is 1.38 bits per heavy atom. The monoisotopic (exact) mass is 195 g/mol. The highest BCUT2D eigenvalue weighted by Crippen LogP contribution is 2.31. The molecule has 68 valence electrons. The number of benzene rings is 1. The first-order chi connectivity index (χ1) is 6.27. The number of thiocarbonyl (C=S) groups is 1. The van der Waals surface area contributed by atoms with Crippen LogP contribution in [0, 0.1) is 11.7 Å². The summed E-state index contributed by atoms with van der Waals surface area (Å²) in [5.74, 6) is 0.236. The quantitative estimate of drug-likeness (QED) is 0.728. The van der Waals surface area contributed by atoms with E-state index in [1.807, 2.05) is 0 Å². The van der Waals surface area contributed by atoms with Crippen molar-refractivity contribution in [1.29, 1.82) is 0 Å². The van der Waals surface area contributed by atoms with Gasteiger partial charge in [-0.2, -0.15) is 0 Å². The van der Waals surface area contributed by atoms with E-state index in [0.717, 1.165) is 17.8 Å². The van der Waals surface area contributed by atoms with Gasteiger partial charge in [-0.1, -0.05) is 24.4 Å². The van der Waals surface area contributed by atoms with Crippen LogP contribution < -0.4 is 5.32 Å². The zero-order valence-corrected chi connectivity index (χ0v) is 7.90. The van der Waals surface area contributed by atoms with Gasteiger partial charge in [-0.25, -0.2) is 4.39 Å². The van der Waals surface area contributed by atoms with Gasteiger partial charge in [-0.15, -0.1) is 0 Å². The lowest BCUT2D eigenvalue weighted by atomic mass is 10.3. The van der Waals surface area contributed by atoms with Gasteiger partial charge in [0.15, 0.2) is 0 Å². The van der Waals surface area contributed by atoms with Crippen LogP contribution in [0.4, 0.5) is 10.1 Å². The predicted molar refractivity (Wildman–Crippen MR) is 55.3 cm³/mol. The van der Waals surface area contributed by atoms with E-state index >= 15 is 0 Å². The highest BCUT2D eigenvalue weighted by molar-refractivity contribution is 7.80. The Labute approximate surface area is 82.0 Å². The van der Waals surface area contributed by atoms with Crippen molar-refractivity contribution in [3.05, 3.63) is 30.1 Å². The fraction of sp³-hybridized carbons (Fsp3) is 0.300. The second-order valence-corrected chi connectivity index (χ2v) is 3.68. The fourth-order valence-corrected chi connectivity index (χ4v) is 1.49. The number of anilines is 1. The van der Waals surface area contributed by atoms with Crippen molar-refractivity contribution >= 4 is 22.9 Å². The van der Waals surface area contributed by atoms with Gasteiger partial charge in [0.2, 0.25) is 0 Å². The van der Waals surface area contributed by atoms with Crippen LogP contribution in [0.3, 0.4) is 0 Å². The largest absolute Gasteiger partial charge is 0.347 e. The lowest BCUT2D eigenvalue weighted by Crippen LogP contribution is -2.11. The zero-order chi connectivity index (χ0) is 9.26. The molecule has 1 aliphatic carbocycles. The van der Waals surface area contributed by atoms with Crippen LogP contribution in [0.25, 0.3) is 0 Å². The van der Waals surface area contributed by atoms with E-state index < -0.39 is 0 Å². The smallest absolute Gasteiger partial charge is 0.146 e. The molecule has 1 saturated carbocycles. The Kier molecular flexibility index (Phi) is 2.27. The van der Waals surface area contributed by atoms with E-state index in [1.165, 1.54) is 6.07 Å². The third-order valence-electron chi connectivity index (χ3n) is 2.08. The molecular formula is C10H10FNS. The van der Waals surface area contributed by atoms with Crippen molar-refractivity contribution < 1.29 is 4.39 Å². The van der Waals surface area contributed by atoms with Gasteiger partial charge in [0.25, 0.3) is 0 Å². The van der Waals surface area contributed by atoms with Gasteiger partial charge in [-0.3, -0.25) is 0 Å². The molecule has 13 heavy (non-hydrogen) atoms. The minimum atomic E-state index is -0.245. The van der Waals surface area contributed by atoms with Crippen molar-refractivity contribution in [2.75, 3.05) is 5.32 Å². The van der Waals surface area contributed by atoms with Gasteiger partial charge in [-0.05, 0) is 25.0 Å². The van der Waals surface area contributed by atoms with E-state index in [9.17, 15) is 4.39 Å². The second kappa shape index (κ2) is 3.42. The summed E-state index contributed by atoms with van der Waals surface area (Å²) in [6.07, 6.45) is 2.28. The third-order valence-corrected chi connectivity index (χ3v) is 2.52. The highest BCUT2D eigenvalue weighted by atomic mass is 32.1. The number of hydrogen-bond acceptors (Lipinski definition) is 1. The van der Waals surface area contributed by atoms with Crippen molar-refractivity contribution in [3.8, 4) is 0 Å². The predicted octanol–water partition coefficient (Wildman–Crippen LogP) is 2.98. The molecule has 1 fully saturated rings. The first-order valence-electron chi connectivity index (χ1n) is 4.33. The molecule has 1 aliphatic rings. The Balaban J connectivity index is 2.08. The molecule has 0 atom stereocenters. The van der Waals surface area contributed by atoms with Crippen molar-refractivity contribution in [2.45, 2.75) is 12.8 Å². The van der Waals surface area contributed by atoms with Crippen molar-refractivity contribution in [2.24, 2.45) is 5.92 Å². The van der Waals surface area contributed by atoms with Crippen LogP contribution in [0.1, 0.15) is 12.8 Å². The lowest BCUT2D eigenvalue weighted by Gasteiger charge is -2.06. The van der Waals surface area contributed by atoms with Crippen LogP contribution in [0.5, 0.6) is 0 Å². The average Bonchev–Trinajstić information content (AvgIpc) is 2.91. The van der Waals surface area contributed by atoms with Crippen LogP contribution in [-0.4, -0.2) is 4.99 Å². The highest BCUT2D eigenvalue weighted by Gasteiger charge is 2.26. The Morgan fingerprint density at radius 3 is 2.69 bits per heavy atom. The Bertz CT molecular complexity index is 333. The summed E-state index contributed by atoms with van der Waals surface area (Å²) in [4.78, 5) is 0.769. The topological polar surface area (TPSA) is 12.0 Å². The lowest BCUT2D eigenvalue weighted by molar-refractivity contribution is 0.632. The summed E-state index contributed by atoms with van der Waals surface area (Å²) in [7, 11) is 0. The zero-order valence-electron chi connectivity index (χ0n) is 7.09. The minimum absolute atomic E-state index is 0.245. The number of hydrogen-bond donors (Lipinski definition) is 1. The van der Waals surface area contributed by atoms with Crippen LogP contribution >= 0.6 is 12.2 Å². The number of rotatable bonds is 2. The van der Waals surface area contributed by atoms with E-state index in [-0.39, 0.29) is 5.82 Å². The van der Waals surface area contributed by atoms with Gasteiger partial charge in [0, 0.05) is 5.92 Å². The van der Waals surface area contributed by atoms with Gasteiger partial charge in [0.05, 0.1) is 10.7 Å². The van der Waals surface area contributed by atoms with Crippen LogP contribution in [0.15, 0.2) is 24.3 Å². The normalized spacial score (nSPS) is 15.5. The molecule has 0 amide bonds. The van der Waals surface area contributed by atoms with Crippen LogP contribution in [0.2, 0.25) is 0 Å². The molecule has 0 radical (unpaired) electrons. The standard InChI is InChI=1S/C10H10FNS/c11-8-3-1-2-4-9(8)12-10(13)7-5-6-7/h1-4,7H,5-6H2,(H,12,13). The summed E-state index contributed by atoms with van der Waals surface area (Å²) >= 11 is 5.10. The SMILES string of the molecule is Fc1ccccc1NC(=S)C1CC1. The molecule has 2 rings (SSSR count). The maximum absolute atomic E-state index is 13.1. The number of para-hydroxylation sites is 1. The molecule has 0 spiro atoms. The van der Waals surface area contributed by atoms with Crippen LogP contribution in [-0.2, 0) is 0 Å². The minimum Gasteiger partial charge on any atom is -0.347 e. The summed E-state index contributed by atoms with van der Waals surface area (Å²) < 4.78 is 13.1. The van der Waals surface area contributed by atoms with Gasteiger partial charge in [0.1, 0.15) is 5.82 Å². The summed E-state index contributed by atoms with van der Waals surface area (Å²) in [5, 5.41) is 2.93. The van der Waals surface area contributed by atoms with Crippen molar-refractivity contribution in [3.63, 3.8) is 0 Å². The molecule has 0 aromatic heterocycles. The van der Waals surface area contributed by atoms with Gasteiger partial charge < -0.3 is 5.32 Å². The maximum Gasteiger partial charge on any atom is 0.146 e. The average molecular weight is 195 g/mol. The molecule has 3 heteroatoms. The summed E-state index contributed by atoms with van der Waals surface area (Å²) in [5.41, 5.74) is 0.486. The van der Waals surface area contributed by atoms with E-state index in [1.54, 1.807) is 18.2 Å². The number of nitrogens with one attached hydrogen (secondary N) is 1. The Hall–Kier alpha value is -0.960. The number of halogens is 1. The molecule has 1 N–H and O–H groups in total. The molecular weight excluding hydrogens is 185 g/mol. The molecule has 1 aromatic carbocycles.